The monoisotopic (exact) mass is 429 g/mol. The Morgan fingerprint density at radius 3 is 2.03 bits per heavy atom. The van der Waals surface area contributed by atoms with Gasteiger partial charge in [-0.15, -0.1) is 0 Å². The molecule has 4 heteroatoms. The van der Waals surface area contributed by atoms with Gasteiger partial charge in [-0.05, 0) is 60.7 Å². The number of hydrogen-bond acceptors (Lipinski definition) is 4. The van der Waals surface area contributed by atoms with E-state index >= 15 is 0 Å². The lowest BCUT2D eigenvalue weighted by molar-refractivity contribution is 0.0597. The molecule has 1 fully saturated rings. The summed E-state index contributed by atoms with van der Waals surface area (Å²) in [5.41, 5.74) is 4.35. The molecule has 3 aromatic rings. The highest BCUT2D eigenvalue weighted by Gasteiger charge is 2.29. The van der Waals surface area contributed by atoms with Gasteiger partial charge in [0.1, 0.15) is 5.75 Å². The first-order valence-electron chi connectivity index (χ1n) is 11.3. The second-order valence-electron chi connectivity index (χ2n) is 8.43. The number of methoxy groups -OCH3 is 2. The molecular weight excluding hydrogens is 398 g/mol. The zero-order chi connectivity index (χ0) is 22.3. The Bertz CT molecular complexity index is 972. The van der Waals surface area contributed by atoms with Gasteiger partial charge >= 0.3 is 5.97 Å². The second-order valence-corrected chi connectivity index (χ2v) is 8.43. The molecule has 1 saturated heterocycles. The van der Waals surface area contributed by atoms with Crippen LogP contribution >= 0.6 is 0 Å². The first-order chi connectivity index (χ1) is 15.7. The summed E-state index contributed by atoms with van der Waals surface area (Å²) in [6, 6.07) is 27.4. The van der Waals surface area contributed by atoms with Crippen molar-refractivity contribution >= 4 is 5.97 Å². The number of esters is 1. The van der Waals surface area contributed by atoms with Crippen LogP contribution in [0.15, 0.2) is 78.9 Å². The lowest BCUT2D eigenvalue weighted by Gasteiger charge is -2.37. The van der Waals surface area contributed by atoms with Crippen molar-refractivity contribution in [1.82, 2.24) is 4.90 Å². The van der Waals surface area contributed by atoms with Gasteiger partial charge in [0, 0.05) is 12.5 Å². The molecule has 0 aromatic heterocycles. The van der Waals surface area contributed by atoms with E-state index in [4.69, 9.17) is 9.47 Å². The highest BCUT2D eigenvalue weighted by molar-refractivity contribution is 5.91. The van der Waals surface area contributed by atoms with E-state index in [1.807, 2.05) is 12.1 Å². The molecule has 0 unspecified atom stereocenters. The fourth-order valence-electron chi connectivity index (χ4n) is 4.86. The maximum absolute atomic E-state index is 12.3. The molecule has 0 saturated carbocycles. The molecule has 0 spiro atoms. The molecule has 4 rings (SSSR count). The van der Waals surface area contributed by atoms with Crippen molar-refractivity contribution in [1.29, 1.82) is 0 Å². The van der Waals surface area contributed by atoms with Crippen LogP contribution in [0.25, 0.3) is 0 Å². The van der Waals surface area contributed by atoms with Gasteiger partial charge < -0.3 is 9.47 Å². The Morgan fingerprint density at radius 1 is 0.906 bits per heavy atom. The van der Waals surface area contributed by atoms with Crippen molar-refractivity contribution in [3.05, 3.63) is 101 Å². The topological polar surface area (TPSA) is 38.8 Å². The number of nitrogens with zero attached hydrogens (tertiary/aromatic N) is 1. The number of carbonyl (C=O) groups is 1. The zero-order valence-electron chi connectivity index (χ0n) is 18.9. The summed E-state index contributed by atoms with van der Waals surface area (Å²) < 4.78 is 10.3. The Kier molecular flexibility index (Phi) is 7.23. The number of rotatable bonds is 7. The van der Waals surface area contributed by atoms with E-state index in [2.05, 4.69) is 65.6 Å². The van der Waals surface area contributed by atoms with Crippen molar-refractivity contribution < 1.29 is 14.3 Å². The van der Waals surface area contributed by atoms with Crippen LogP contribution in [0.2, 0.25) is 0 Å². The number of piperidine rings is 1. The van der Waals surface area contributed by atoms with Crippen LogP contribution < -0.4 is 4.74 Å². The molecular formula is C28H31NO3. The predicted molar refractivity (Wildman–Crippen MR) is 127 cm³/mol. The van der Waals surface area contributed by atoms with E-state index in [9.17, 15) is 4.79 Å². The quantitative estimate of drug-likeness (QED) is 0.463. The first kappa shape index (κ1) is 22.1. The van der Waals surface area contributed by atoms with E-state index in [1.165, 1.54) is 18.2 Å². The van der Waals surface area contributed by atoms with Crippen LogP contribution in [-0.2, 0) is 11.3 Å². The van der Waals surface area contributed by atoms with Gasteiger partial charge in [0.05, 0.1) is 19.8 Å². The lowest BCUT2D eigenvalue weighted by Crippen LogP contribution is -2.35. The molecule has 0 amide bonds. The molecule has 1 aliphatic rings. The second kappa shape index (κ2) is 10.5. The Morgan fingerprint density at radius 2 is 1.50 bits per heavy atom. The van der Waals surface area contributed by atoms with E-state index in [0.29, 0.717) is 23.1 Å². The van der Waals surface area contributed by atoms with Gasteiger partial charge in [-0.1, -0.05) is 66.7 Å². The maximum Gasteiger partial charge on any atom is 0.338 e. The first-order valence-corrected chi connectivity index (χ1v) is 11.3. The summed E-state index contributed by atoms with van der Waals surface area (Å²) in [5.74, 6) is 1.35. The van der Waals surface area contributed by atoms with Gasteiger partial charge in [-0.25, -0.2) is 4.79 Å². The third-order valence-electron chi connectivity index (χ3n) is 6.54. The van der Waals surface area contributed by atoms with Crippen LogP contribution in [0.5, 0.6) is 5.75 Å². The zero-order valence-corrected chi connectivity index (χ0v) is 18.9. The van der Waals surface area contributed by atoms with Crippen LogP contribution in [-0.4, -0.2) is 38.2 Å². The average molecular weight is 430 g/mol. The molecule has 0 radical (unpaired) electrons. The van der Waals surface area contributed by atoms with Gasteiger partial charge in [0.2, 0.25) is 0 Å². The molecule has 3 aromatic carbocycles. The van der Waals surface area contributed by atoms with E-state index in [1.54, 1.807) is 13.2 Å². The summed E-state index contributed by atoms with van der Waals surface area (Å²) in [4.78, 5) is 14.7. The van der Waals surface area contributed by atoms with Gasteiger partial charge in [0.25, 0.3) is 0 Å². The summed E-state index contributed by atoms with van der Waals surface area (Å²) in [5, 5.41) is 0. The number of benzene rings is 3. The standard InChI is InChI=1S/C28H31NO3/c1-31-25-14-13-24(26(19-25)28(30)32-2)20-29-17-15-23(16-18-29)27(21-9-5-3-6-10-21)22-11-7-4-8-12-22/h3-14,19,23,27H,15-18,20H2,1-2H3. The highest BCUT2D eigenvalue weighted by atomic mass is 16.5. The predicted octanol–water partition coefficient (Wildman–Crippen LogP) is 5.53. The van der Waals surface area contributed by atoms with E-state index in [-0.39, 0.29) is 5.97 Å². The molecule has 4 nitrogen and oxygen atoms in total. The Labute approximate surface area is 190 Å². The van der Waals surface area contributed by atoms with Gasteiger partial charge in [-0.3, -0.25) is 4.90 Å². The minimum Gasteiger partial charge on any atom is -0.497 e. The fourth-order valence-corrected chi connectivity index (χ4v) is 4.86. The smallest absolute Gasteiger partial charge is 0.338 e. The number of ether oxygens (including phenoxy) is 2. The van der Waals surface area contributed by atoms with Crippen LogP contribution in [0.1, 0.15) is 45.8 Å². The third-order valence-corrected chi connectivity index (χ3v) is 6.54. The van der Waals surface area contributed by atoms with Gasteiger partial charge in [0.15, 0.2) is 0 Å². The number of hydrogen-bond donors (Lipinski definition) is 0. The normalized spacial score (nSPS) is 15.0. The SMILES string of the molecule is COC(=O)c1cc(OC)ccc1CN1CCC(C(c2ccccc2)c2ccccc2)CC1. The summed E-state index contributed by atoms with van der Waals surface area (Å²) >= 11 is 0. The van der Waals surface area contributed by atoms with Crippen molar-refractivity contribution in [2.75, 3.05) is 27.3 Å². The van der Waals surface area contributed by atoms with Crippen molar-refractivity contribution in [3.63, 3.8) is 0 Å². The van der Waals surface area contributed by atoms with Crippen LogP contribution in [0.4, 0.5) is 0 Å². The molecule has 0 N–H and O–H groups in total. The molecule has 32 heavy (non-hydrogen) atoms. The summed E-state index contributed by atoms with van der Waals surface area (Å²) in [7, 11) is 3.03. The lowest BCUT2D eigenvalue weighted by atomic mass is 9.76. The molecule has 0 bridgehead atoms. The summed E-state index contributed by atoms with van der Waals surface area (Å²) in [6.07, 6.45) is 2.25. The molecule has 1 heterocycles. The van der Waals surface area contributed by atoms with Crippen LogP contribution in [0, 0.1) is 5.92 Å². The highest BCUT2D eigenvalue weighted by Crippen LogP contribution is 2.38. The molecule has 1 aliphatic heterocycles. The minimum absolute atomic E-state index is 0.318. The molecule has 0 aliphatic carbocycles. The van der Waals surface area contributed by atoms with E-state index in [0.717, 1.165) is 38.0 Å². The van der Waals surface area contributed by atoms with E-state index < -0.39 is 0 Å². The van der Waals surface area contributed by atoms with Crippen molar-refractivity contribution in [3.8, 4) is 5.75 Å². The largest absolute Gasteiger partial charge is 0.497 e. The van der Waals surface area contributed by atoms with Crippen LogP contribution in [0.3, 0.4) is 0 Å². The summed E-state index contributed by atoms with van der Waals surface area (Å²) in [6.45, 7) is 2.75. The fraction of sp³-hybridized carbons (Fsp3) is 0.321. The molecule has 166 valence electrons. The Hall–Kier alpha value is -3.11. The van der Waals surface area contributed by atoms with Gasteiger partial charge in [-0.2, -0.15) is 0 Å². The third kappa shape index (κ3) is 5.03. The number of likely N-dealkylation sites (tertiary alicyclic amines) is 1. The molecule has 0 atom stereocenters. The maximum atomic E-state index is 12.3. The van der Waals surface area contributed by atoms with Crippen molar-refractivity contribution in [2.24, 2.45) is 5.92 Å². The Balaban J connectivity index is 1.48. The average Bonchev–Trinajstić information content (AvgIpc) is 2.86. The van der Waals surface area contributed by atoms with Crippen molar-refractivity contribution in [2.45, 2.75) is 25.3 Å². The number of carbonyl (C=O) groups excluding carboxylic acids is 1. The minimum atomic E-state index is -0.318.